The third-order valence-electron chi connectivity index (χ3n) is 2.13. The maximum atomic E-state index is 5.82. The molecule has 0 unspecified atom stereocenters. The van der Waals surface area contributed by atoms with E-state index in [9.17, 15) is 0 Å². The van der Waals surface area contributed by atoms with Crippen LogP contribution in [0.1, 0.15) is 5.82 Å². The van der Waals surface area contributed by atoms with Gasteiger partial charge in [-0.05, 0) is 24.7 Å². The highest BCUT2D eigenvalue weighted by Crippen LogP contribution is 2.19. The maximum Gasteiger partial charge on any atom is 0.120 e. The van der Waals surface area contributed by atoms with E-state index in [1.807, 2.05) is 37.5 Å². The second kappa shape index (κ2) is 4.47. The van der Waals surface area contributed by atoms with Gasteiger partial charge in [0.25, 0.3) is 0 Å². The summed E-state index contributed by atoms with van der Waals surface area (Å²) >= 11 is 5.82. The third-order valence-corrected chi connectivity index (χ3v) is 2.38. The molecule has 2 rings (SSSR count). The normalized spacial score (nSPS) is 10.5. The number of nitrogens with zero attached hydrogens (tertiary/aromatic N) is 1. The molecule has 15 heavy (non-hydrogen) atoms. The molecule has 0 aliphatic heterocycles. The average Bonchev–Trinajstić information content (AvgIpc) is 2.68. The van der Waals surface area contributed by atoms with Gasteiger partial charge in [-0.15, -0.1) is 0 Å². The van der Waals surface area contributed by atoms with Crippen LogP contribution in [0, 0.1) is 0 Å². The van der Waals surface area contributed by atoms with E-state index in [2.05, 4.69) is 15.3 Å². The van der Waals surface area contributed by atoms with Gasteiger partial charge in [0.1, 0.15) is 5.82 Å². The maximum absolute atomic E-state index is 5.82. The quantitative estimate of drug-likeness (QED) is 0.836. The number of benzene rings is 1. The van der Waals surface area contributed by atoms with Gasteiger partial charge in [0, 0.05) is 5.02 Å². The fourth-order valence-electron chi connectivity index (χ4n) is 1.40. The van der Waals surface area contributed by atoms with E-state index in [0.717, 1.165) is 28.6 Å². The van der Waals surface area contributed by atoms with E-state index < -0.39 is 0 Å². The summed E-state index contributed by atoms with van der Waals surface area (Å²) in [5.41, 5.74) is 2.10. The molecule has 0 aliphatic rings. The zero-order valence-corrected chi connectivity index (χ0v) is 9.17. The molecule has 0 saturated carbocycles. The molecule has 0 saturated heterocycles. The highest BCUT2D eigenvalue weighted by molar-refractivity contribution is 6.30. The standard InChI is InChI=1S/C11H12ClN3/c1-13-7-11-14-6-10(15-11)8-2-4-9(12)5-3-8/h2-6,13H,7H2,1H3,(H,14,15). The summed E-state index contributed by atoms with van der Waals surface area (Å²) in [6, 6.07) is 7.68. The Balaban J connectivity index is 2.25. The summed E-state index contributed by atoms with van der Waals surface area (Å²) in [4.78, 5) is 7.49. The van der Waals surface area contributed by atoms with Crippen LogP contribution in [0.3, 0.4) is 0 Å². The van der Waals surface area contributed by atoms with Crippen molar-refractivity contribution in [2.75, 3.05) is 7.05 Å². The Kier molecular flexibility index (Phi) is 3.04. The van der Waals surface area contributed by atoms with E-state index >= 15 is 0 Å². The number of hydrogen-bond acceptors (Lipinski definition) is 2. The molecule has 1 aromatic heterocycles. The highest BCUT2D eigenvalue weighted by atomic mass is 35.5. The molecule has 0 amide bonds. The van der Waals surface area contributed by atoms with Crippen LogP contribution in [-0.4, -0.2) is 17.0 Å². The van der Waals surface area contributed by atoms with Crippen LogP contribution in [0.25, 0.3) is 11.3 Å². The Morgan fingerprint density at radius 1 is 1.33 bits per heavy atom. The molecule has 4 heteroatoms. The lowest BCUT2D eigenvalue weighted by atomic mass is 10.2. The molecule has 0 radical (unpaired) electrons. The summed E-state index contributed by atoms with van der Waals surface area (Å²) in [5, 5.41) is 3.79. The number of H-pyrrole nitrogens is 1. The lowest BCUT2D eigenvalue weighted by molar-refractivity contribution is 0.772. The van der Waals surface area contributed by atoms with Crippen LogP contribution in [0.5, 0.6) is 0 Å². The fraction of sp³-hybridized carbons (Fsp3) is 0.182. The monoisotopic (exact) mass is 221 g/mol. The molecule has 0 aliphatic carbocycles. The summed E-state index contributed by atoms with van der Waals surface area (Å²) < 4.78 is 0. The van der Waals surface area contributed by atoms with E-state index in [-0.39, 0.29) is 0 Å². The lowest BCUT2D eigenvalue weighted by Crippen LogP contribution is -2.06. The van der Waals surface area contributed by atoms with Crippen molar-refractivity contribution >= 4 is 11.6 Å². The fourth-order valence-corrected chi connectivity index (χ4v) is 1.52. The van der Waals surface area contributed by atoms with Crippen LogP contribution in [0.4, 0.5) is 0 Å². The Labute approximate surface area is 93.5 Å². The molecule has 0 fully saturated rings. The second-order valence-corrected chi connectivity index (χ2v) is 3.72. The van der Waals surface area contributed by atoms with Gasteiger partial charge in [-0.2, -0.15) is 0 Å². The van der Waals surface area contributed by atoms with Crippen LogP contribution < -0.4 is 5.32 Å². The topological polar surface area (TPSA) is 40.7 Å². The minimum atomic E-state index is 0.744. The number of aromatic amines is 1. The summed E-state index contributed by atoms with van der Waals surface area (Å²) in [6.45, 7) is 0.744. The number of hydrogen-bond donors (Lipinski definition) is 2. The van der Waals surface area contributed by atoms with Gasteiger partial charge in [-0.25, -0.2) is 4.98 Å². The van der Waals surface area contributed by atoms with E-state index in [4.69, 9.17) is 11.6 Å². The van der Waals surface area contributed by atoms with Crippen molar-refractivity contribution in [1.29, 1.82) is 0 Å². The summed E-state index contributed by atoms with van der Waals surface area (Å²) in [7, 11) is 1.89. The molecule has 3 nitrogen and oxygen atoms in total. The molecule has 2 aromatic rings. The highest BCUT2D eigenvalue weighted by Gasteiger charge is 2.01. The van der Waals surface area contributed by atoms with Crippen molar-refractivity contribution in [2.24, 2.45) is 0 Å². The van der Waals surface area contributed by atoms with Crippen LogP contribution in [0.15, 0.2) is 30.5 Å². The predicted octanol–water partition coefficient (Wildman–Crippen LogP) is 2.45. The molecule has 1 heterocycles. The first-order chi connectivity index (χ1) is 7.29. The first kappa shape index (κ1) is 10.2. The Morgan fingerprint density at radius 3 is 2.73 bits per heavy atom. The van der Waals surface area contributed by atoms with E-state index in [0.29, 0.717) is 0 Å². The van der Waals surface area contributed by atoms with Gasteiger partial charge in [0.05, 0.1) is 18.4 Å². The second-order valence-electron chi connectivity index (χ2n) is 3.28. The summed E-state index contributed by atoms with van der Waals surface area (Å²) in [6.07, 6.45) is 1.83. The number of halogens is 1. The molecule has 0 bridgehead atoms. The van der Waals surface area contributed by atoms with Gasteiger partial charge in [-0.3, -0.25) is 0 Å². The minimum absolute atomic E-state index is 0.744. The van der Waals surface area contributed by atoms with E-state index in [1.54, 1.807) is 0 Å². The average molecular weight is 222 g/mol. The van der Waals surface area contributed by atoms with Crippen LogP contribution >= 0.6 is 11.6 Å². The summed E-state index contributed by atoms with van der Waals surface area (Å²) in [5.74, 6) is 0.933. The predicted molar refractivity (Wildman–Crippen MR) is 61.8 cm³/mol. The Hall–Kier alpha value is -1.32. The largest absolute Gasteiger partial charge is 0.341 e. The third kappa shape index (κ3) is 2.37. The van der Waals surface area contributed by atoms with Crippen LogP contribution in [0.2, 0.25) is 5.02 Å². The Morgan fingerprint density at radius 2 is 2.07 bits per heavy atom. The molecular formula is C11H12ClN3. The molecule has 1 aromatic carbocycles. The first-order valence-electron chi connectivity index (χ1n) is 4.74. The van der Waals surface area contributed by atoms with Crippen molar-refractivity contribution in [3.05, 3.63) is 41.3 Å². The Bertz CT molecular complexity index is 433. The zero-order valence-electron chi connectivity index (χ0n) is 8.42. The SMILES string of the molecule is CNCc1ncc(-c2ccc(Cl)cc2)[nH]1. The number of nitrogens with one attached hydrogen (secondary N) is 2. The molecule has 0 spiro atoms. The van der Waals surface area contributed by atoms with Crippen molar-refractivity contribution < 1.29 is 0 Å². The number of imidazole rings is 1. The van der Waals surface area contributed by atoms with Gasteiger partial charge in [-0.1, -0.05) is 23.7 Å². The zero-order chi connectivity index (χ0) is 10.7. The molecule has 78 valence electrons. The van der Waals surface area contributed by atoms with Crippen molar-refractivity contribution in [3.8, 4) is 11.3 Å². The van der Waals surface area contributed by atoms with Crippen molar-refractivity contribution in [3.63, 3.8) is 0 Å². The molecule has 2 N–H and O–H groups in total. The number of aromatic nitrogens is 2. The lowest BCUT2D eigenvalue weighted by Gasteiger charge is -1.97. The van der Waals surface area contributed by atoms with Crippen molar-refractivity contribution in [1.82, 2.24) is 15.3 Å². The first-order valence-corrected chi connectivity index (χ1v) is 5.12. The van der Waals surface area contributed by atoms with Crippen molar-refractivity contribution in [2.45, 2.75) is 6.54 Å². The molecule has 0 atom stereocenters. The van der Waals surface area contributed by atoms with Crippen LogP contribution in [-0.2, 0) is 6.54 Å². The number of rotatable bonds is 3. The van der Waals surface area contributed by atoms with E-state index in [1.165, 1.54) is 0 Å². The van der Waals surface area contributed by atoms with Gasteiger partial charge in [0.2, 0.25) is 0 Å². The van der Waals surface area contributed by atoms with Gasteiger partial charge >= 0.3 is 0 Å². The molecular weight excluding hydrogens is 210 g/mol. The van der Waals surface area contributed by atoms with Gasteiger partial charge < -0.3 is 10.3 Å². The van der Waals surface area contributed by atoms with Gasteiger partial charge in [0.15, 0.2) is 0 Å². The smallest absolute Gasteiger partial charge is 0.120 e. The minimum Gasteiger partial charge on any atom is -0.341 e.